The maximum atomic E-state index is 12.7. The van der Waals surface area contributed by atoms with Crippen molar-refractivity contribution in [2.75, 3.05) is 0 Å². The van der Waals surface area contributed by atoms with E-state index in [0.717, 1.165) is 30.3 Å². The summed E-state index contributed by atoms with van der Waals surface area (Å²) in [6.07, 6.45) is 3.28. The molecule has 3 aromatic rings. The van der Waals surface area contributed by atoms with Crippen LogP contribution in [0.15, 0.2) is 36.5 Å². The van der Waals surface area contributed by atoms with Crippen LogP contribution in [0.3, 0.4) is 0 Å². The van der Waals surface area contributed by atoms with Crippen molar-refractivity contribution in [3.05, 3.63) is 53.7 Å². The zero-order valence-electron chi connectivity index (χ0n) is 13.9. The van der Waals surface area contributed by atoms with Crippen LogP contribution in [0.2, 0.25) is 0 Å². The summed E-state index contributed by atoms with van der Waals surface area (Å²) in [5.74, 6) is 1.26. The van der Waals surface area contributed by atoms with E-state index in [2.05, 4.69) is 19.8 Å². The fraction of sp³-hybridized carbons (Fsp3) is 0.353. The van der Waals surface area contributed by atoms with E-state index in [-0.39, 0.29) is 11.8 Å². The first-order valence-corrected chi connectivity index (χ1v) is 9.91. The zero-order valence-corrected chi connectivity index (χ0v) is 14.7. The Morgan fingerprint density at radius 1 is 1.28 bits per heavy atom. The molecular weight excluding hydrogens is 338 g/mol. The van der Waals surface area contributed by atoms with Gasteiger partial charge in [0.05, 0.1) is 17.3 Å². The maximum Gasteiger partial charge on any atom is 0.216 e. The quantitative estimate of drug-likeness (QED) is 0.772. The lowest BCUT2D eigenvalue weighted by Gasteiger charge is -2.23. The van der Waals surface area contributed by atoms with Crippen LogP contribution in [-0.2, 0) is 22.3 Å². The molecule has 0 bridgehead atoms. The molecule has 130 valence electrons. The molecule has 0 saturated heterocycles. The van der Waals surface area contributed by atoms with Crippen LogP contribution in [0.4, 0.5) is 0 Å². The SMILES string of the molecule is Cc1nc2n(n1)CCCC2NS(=O)(=O)Cc1cccc2cccnc12. The number of para-hydroxylation sites is 1. The van der Waals surface area contributed by atoms with Crippen LogP contribution in [0, 0.1) is 6.92 Å². The molecule has 1 unspecified atom stereocenters. The van der Waals surface area contributed by atoms with Gasteiger partial charge in [-0.15, -0.1) is 0 Å². The average molecular weight is 357 g/mol. The van der Waals surface area contributed by atoms with Gasteiger partial charge in [-0.05, 0) is 31.4 Å². The highest BCUT2D eigenvalue weighted by atomic mass is 32.2. The number of fused-ring (bicyclic) bond motifs is 2. The van der Waals surface area contributed by atoms with E-state index in [9.17, 15) is 8.42 Å². The van der Waals surface area contributed by atoms with Crippen LogP contribution >= 0.6 is 0 Å². The van der Waals surface area contributed by atoms with Gasteiger partial charge >= 0.3 is 0 Å². The molecule has 8 heteroatoms. The molecule has 3 heterocycles. The van der Waals surface area contributed by atoms with Gasteiger partial charge in [0.1, 0.15) is 11.6 Å². The number of nitrogens with one attached hydrogen (secondary N) is 1. The third kappa shape index (κ3) is 3.27. The first-order chi connectivity index (χ1) is 12.0. The normalized spacial score (nSPS) is 17.6. The van der Waals surface area contributed by atoms with Crippen molar-refractivity contribution in [1.29, 1.82) is 0 Å². The predicted octanol–water partition coefficient (Wildman–Crippen LogP) is 2.09. The van der Waals surface area contributed by atoms with Crippen molar-refractivity contribution >= 4 is 20.9 Å². The molecule has 1 N–H and O–H groups in total. The van der Waals surface area contributed by atoms with Crippen LogP contribution in [0.5, 0.6) is 0 Å². The topological polar surface area (TPSA) is 89.8 Å². The zero-order chi connectivity index (χ0) is 17.4. The molecule has 1 atom stereocenters. The summed E-state index contributed by atoms with van der Waals surface area (Å²) in [7, 11) is -3.53. The highest BCUT2D eigenvalue weighted by Gasteiger charge is 2.28. The number of benzene rings is 1. The van der Waals surface area contributed by atoms with E-state index in [1.165, 1.54) is 0 Å². The summed E-state index contributed by atoms with van der Waals surface area (Å²) in [4.78, 5) is 8.72. The number of rotatable bonds is 4. The van der Waals surface area contributed by atoms with Crippen LogP contribution in [0.25, 0.3) is 10.9 Å². The van der Waals surface area contributed by atoms with Crippen molar-refractivity contribution in [2.24, 2.45) is 0 Å². The number of pyridine rings is 1. The number of aryl methyl sites for hydroxylation is 2. The Bertz CT molecular complexity index is 1020. The standard InChI is InChI=1S/C17H19N5O2S/c1-12-19-17-15(8-4-10-22(17)20-12)21-25(23,24)11-14-6-2-5-13-7-3-9-18-16(13)14/h2-3,5-7,9,15,21H,4,8,10-11H2,1H3. The predicted molar refractivity (Wildman–Crippen MR) is 94.2 cm³/mol. The molecule has 0 amide bonds. The van der Waals surface area contributed by atoms with E-state index in [1.807, 2.05) is 37.3 Å². The number of aromatic nitrogens is 4. The number of nitrogens with zero attached hydrogens (tertiary/aromatic N) is 4. The van der Waals surface area contributed by atoms with Gasteiger partial charge in [0.15, 0.2) is 0 Å². The third-order valence-electron chi connectivity index (χ3n) is 4.36. The van der Waals surface area contributed by atoms with Crippen LogP contribution < -0.4 is 4.72 Å². The van der Waals surface area contributed by atoms with E-state index < -0.39 is 10.0 Å². The monoisotopic (exact) mass is 357 g/mol. The van der Waals surface area contributed by atoms with E-state index >= 15 is 0 Å². The van der Waals surface area contributed by atoms with Gasteiger partial charge in [-0.3, -0.25) is 4.98 Å². The Kier molecular flexibility index (Phi) is 4.01. The number of hydrogen-bond donors (Lipinski definition) is 1. The number of sulfonamides is 1. The van der Waals surface area contributed by atoms with Gasteiger partial charge < -0.3 is 0 Å². The van der Waals surface area contributed by atoms with Crippen molar-refractivity contribution in [3.63, 3.8) is 0 Å². The fourth-order valence-corrected chi connectivity index (χ4v) is 4.71. The largest absolute Gasteiger partial charge is 0.256 e. The number of hydrogen-bond acceptors (Lipinski definition) is 5. The summed E-state index contributed by atoms with van der Waals surface area (Å²) in [5.41, 5.74) is 1.41. The molecule has 0 spiro atoms. The Labute approximate surface area is 146 Å². The van der Waals surface area contributed by atoms with Crippen molar-refractivity contribution in [3.8, 4) is 0 Å². The molecular formula is C17H19N5O2S. The highest BCUT2D eigenvalue weighted by molar-refractivity contribution is 7.88. The van der Waals surface area contributed by atoms with Crippen molar-refractivity contribution in [2.45, 2.75) is 38.1 Å². The lowest BCUT2D eigenvalue weighted by atomic mass is 10.1. The first kappa shape index (κ1) is 16.2. The molecule has 1 aliphatic rings. The minimum atomic E-state index is -3.53. The van der Waals surface area contributed by atoms with Gasteiger partial charge in [-0.25, -0.2) is 22.8 Å². The summed E-state index contributed by atoms with van der Waals surface area (Å²) in [6.45, 7) is 2.60. The Balaban J connectivity index is 1.60. The van der Waals surface area contributed by atoms with Gasteiger partial charge in [-0.1, -0.05) is 24.3 Å². The van der Waals surface area contributed by atoms with Gasteiger partial charge in [0.25, 0.3) is 0 Å². The molecule has 0 aliphatic carbocycles. The molecule has 4 rings (SSSR count). The fourth-order valence-electron chi connectivity index (χ4n) is 3.33. The molecule has 1 aliphatic heterocycles. The average Bonchev–Trinajstić information content (AvgIpc) is 2.96. The molecule has 0 saturated carbocycles. The molecule has 0 fully saturated rings. The molecule has 2 aromatic heterocycles. The van der Waals surface area contributed by atoms with Crippen molar-refractivity contribution < 1.29 is 8.42 Å². The second kappa shape index (κ2) is 6.20. The van der Waals surface area contributed by atoms with E-state index in [4.69, 9.17) is 0 Å². The summed E-state index contributed by atoms with van der Waals surface area (Å²) < 4.78 is 30.1. The smallest absolute Gasteiger partial charge is 0.216 e. The maximum absolute atomic E-state index is 12.7. The molecule has 25 heavy (non-hydrogen) atoms. The van der Waals surface area contributed by atoms with E-state index in [0.29, 0.717) is 17.2 Å². The second-order valence-electron chi connectivity index (χ2n) is 6.30. The minimum absolute atomic E-state index is 0.106. The summed E-state index contributed by atoms with van der Waals surface area (Å²) in [6, 6.07) is 9.03. The summed E-state index contributed by atoms with van der Waals surface area (Å²) >= 11 is 0. The van der Waals surface area contributed by atoms with Crippen LogP contribution in [-0.4, -0.2) is 28.2 Å². The van der Waals surface area contributed by atoms with Gasteiger partial charge in [0.2, 0.25) is 10.0 Å². The molecule has 0 radical (unpaired) electrons. The summed E-state index contributed by atoms with van der Waals surface area (Å²) in [5, 5.41) is 5.25. The highest BCUT2D eigenvalue weighted by Crippen LogP contribution is 2.25. The Hall–Kier alpha value is -2.32. The minimum Gasteiger partial charge on any atom is -0.256 e. The van der Waals surface area contributed by atoms with Crippen LogP contribution in [0.1, 0.15) is 36.1 Å². The van der Waals surface area contributed by atoms with Crippen molar-refractivity contribution in [1.82, 2.24) is 24.5 Å². The first-order valence-electron chi connectivity index (χ1n) is 8.26. The van der Waals surface area contributed by atoms with E-state index in [1.54, 1.807) is 10.9 Å². The van der Waals surface area contributed by atoms with Gasteiger partial charge in [0, 0.05) is 18.1 Å². The lowest BCUT2D eigenvalue weighted by molar-refractivity contribution is 0.399. The molecule has 7 nitrogen and oxygen atoms in total. The Morgan fingerprint density at radius 3 is 3.00 bits per heavy atom. The Morgan fingerprint density at radius 2 is 2.12 bits per heavy atom. The third-order valence-corrected chi connectivity index (χ3v) is 5.70. The van der Waals surface area contributed by atoms with Gasteiger partial charge in [-0.2, -0.15) is 5.10 Å². The second-order valence-corrected chi connectivity index (χ2v) is 8.06. The lowest BCUT2D eigenvalue weighted by Crippen LogP contribution is -2.34. The molecule has 1 aromatic carbocycles.